The predicted octanol–water partition coefficient (Wildman–Crippen LogP) is 6.08. The van der Waals surface area contributed by atoms with E-state index in [-0.39, 0.29) is 29.5 Å². The van der Waals surface area contributed by atoms with Crippen LogP contribution in [0.15, 0.2) is 42.5 Å². The molecule has 2 heterocycles. The van der Waals surface area contributed by atoms with Gasteiger partial charge in [0.15, 0.2) is 0 Å². The first-order valence-corrected chi connectivity index (χ1v) is 12.4. The van der Waals surface area contributed by atoms with Gasteiger partial charge < -0.3 is 15.0 Å². The Balaban J connectivity index is 1.56. The van der Waals surface area contributed by atoms with Crippen LogP contribution in [0.2, 0.25) is 0 Å². The lowest BCUT2D eigenvalue weighted by molar-refractivity contribution is -0.143. The summed E-state index contributed by atoms with van der Waals surface area (Å²) in [5.41, 5.74) is -1.00. The van der Waals surface area contributed by atoms with Crippen LogP contribution >= 0.6 is 0 Å². The van der Waals surface area contributed by atoms with E-state index in [9.17, 15) is 31.1 Å². The van der Waals surface area contributed by atoms with Crippen molar-refractivity contribution < 1.29 is 35.9 Å². The number of rotatable bonds is 5. The van der Waals surface area contributed by atoms with Crippen molar-refractivity contribution in [1.29, 1.82) is 0 Å². The second-order valence-electron chi connectivity index (χ2n) is 9.80. The zero-order valence-electron chi connectivity index (χ0n) is 20.5. The van der Waals surface area contributed by atoms with Crippen molar-refractivity contribution in [3.8, 4) is 0 Å². The smallest absolute Gasteiger partial charge is 0.373 e. The van der Waals surface area contributed by atoms with E-state index in [0.29, 0.717) is 31.6 Å². The zero-order chi connectivity index (χ0) is 26.8. The minimum atomic E-state index is -4.92. The van der Waals surface area contributed by atoms with E-state index in [0.717, 1.165) is 36.9 Å². The number of carbonyl (C=O) groups excluding carboxylic acids is 1. The quantitative estimate of drug-likeness (QED) is 0.479. The number of piperidine rings is 2. The Hall–Kier alpha value is -2.59. The molecule has 2 aliphatic heterocycles. The van der Waals surface area contributed by atoms with Crippen LogP contribution in [0.3, 0.4) is 0 Å². The topological polar surface area (TPSA) is 41.6 Å². The number of hydrogen-bond donors (Lipinski definition) is 1. The number of ether oxygens (including phenoxy) is 1. The van der Waals surface area contributed by atoms with E-state index in [2.05, 4.69) is 5.32 Å². The number of amides is 1. The number of benzene rings is 2. The maximum atomic E-state index is 13.3. The van der Waals surface area contributed by atoms with E-state index in [1.54, 1.807) is 4.90 Å². The summed E-state index contributed by atoms with van der Waals surface area (Å²) < 4.78 is 85.7. The van der Waals surface area contributed by atoms with Crippen LogP contribution in [-0.4, -0.2) is 42.6 Å². The first-order valence-electron chi connectivity index (χ1n) is 12.4. The molecular weight excluding hydrogens is 498 g/mol. The van der Waals surface area contributed by atoms with Gasteiger partial charge in [0.1, 0.15) is 0 Å². The van der Waals surface area contributed by atoms with Gasteiger partial charge in [0.05, 0.1) is 29.9 Å². The molecule has 1 amide bonds. The summed E-state index contributed by atoms with van der Waals surface area (Å²) in [6.45, 7) is 3.08. The molecule has 2 saturated heterocycles. The molecule has 0 aliphatic carbocycles. The van der Waals surface area contributed by atoms with E-state index in [1.165, 1.54) is 0 Å². The van der Waals surface area contributed by atoms with Gasteiger partial charge >= 0.3 is 12.4 Å². The molecule has 0 radical (unpaired) electrons. The second-order valence-corrected chi connectivity index (χ2v) is 9.80. The van der Waals surface area contributed by atoms with Crippen molar-refractivity contribution >= 4 is 5.91 Å². The summed E-state index contributed by atoms with van der Waals surface area (Å²) in [6.07, 6.45) is -7.13. The third-order valence-corrected chi connectivity index (χ3v) is 7.17. The van der Waals surface area contributed by atoms with Gasteiger partial charge in [-0.05, 0) is 67.6 Å². The van der Waals surface area contributed by atoms with E-state index in [1.807, 2.05) is 31.2 Å². The summed E-state index contributed by atoms with van der Waals surface area (Å²) in [5.74, 6) is -0.250. The van der Waals surface area contributed by atoms with Gasteiger partial charge in [-0.1, -0.05) is 30.7 Å². The van der Waals surface area contributed by atoms with E-state index >= 15 is 0 Å². The Morgan fingerprint density at radius 3 is 2.27 bits per heavy atom. The van der Waals surface area contributed by atoms with Crippen LogP contribution in [0.4, 0.5) is 26.3 Å². The normalized spacial score (nSPS) is 23.2. The van der Waals surface area contributed by atoms with Gasteiger partial charge in [0.2, 0.25) is 5.91 Å². The molecule has 0 aromatic heterocycles. The Kier molecular flexibility index (Phi) is 8.18. The molecule has 10 heteroatoms. The van der Waals surface area contributed by atoms with Gasteiger partial charge in [0.25, 0.3) is 0 Å². The zero-order valence-corrected chi connectivity index (χ0v) is 20.5. The van der Waals surface area contributed by atoms with Crippen molar-refractivity contribution in [2.24, 2.45) is 0 Å². The maximum absolute atomic E-state index is 13.3. The highest BCUT2D eigenvalue weighted by Gasteiger charge is 2.38. The Morgan fingerprint density at radius 2 is 1.68 bits per heavy atom. The molecule has 2 aromatic rings. The standard InChI is InChI=1S/C27H30F6N2O2/c1-17-6-2-3-7-21(17)22-15-35(25(36)23-8-4-5-10-34-23)11-9-24(22)37-16-18-12-19(26(28,29)30)14-20(13-18)27(31,32)33/h2-3,6-7,12-14,22-24,34H,4-5,8-11,15-16H2,1H3/t22-,23?,24-/m0/s1. The minimum absolute atomic E-state index is 0.0180. The number of halogens is 6. The molecule has 2 aliphatic rings. The molecule has 4 rings (SSSR count). The minimum Gasteiger partial charge on any atom is -0.373 e. The van der Waals surface area contributed by atoms with Gasteiger partial charge in [-0.25, -0.2) is 0 Å². The van der Waals surface area contributed by atoms with Gasteiger partial charge in [-0.15, -0.1) is 0 Å². The summed E-state index contributed by atoms with van der Waals surface area (Å²) >= 11 is 0. The Morgan fingerprint density at radius 1 is 1.00 bits per heavy atom. The summed E-state index contributed by atoms with van der Waals surface area (Å²) in [6, 6.07) is 8.88. The van der Waals surface area contributed by atoms with Crippen molar-refractivity contribution in [3.05, 3.63) is 70.3 Å². The lowest BCUT2D eigenvalue weighted by Crippen LogP contribution is -2.53. The molecule has 0 saturated carbocycles. The Bertz CT molecular complexity index is 1060. The predicted molar refractivity (Wildman–Crippen MR) is 126 cm³/mol. The monoisotopic (exact) mass is 528 g/mol. The number of nitrogens with one attached hydrogen (secondary N) is 1. The number of carbonyl (C=O) groups is 1. The van der Waals surface area contributed by atoms with Crippen molar-refractivity contribution in [1.82, 2.24) is 10.2 Å². The molecular formula is C27H30F6N2O2. The average Bonchev–Trinajstić information content (AvgIpc) is 2.86. The molecule has 1 unspecified atom stereocenters. The number of alkyl halides is 6. The molecule has 0 spiro atoms. The van der Waals surface area contributed by atoms with Crippen LogP contribution in [0.1, 0.15) is 59.4 Å². The highest BCUT2D eigenvalue weighted by atomic mass is 19.4. The van der Waals surface area contributed by atoms with E-state index in [4.69, 9.17) is 4.74 Å². The van der Waals surface area contributed by atoms with Crippen LogP contribution in [0.5, 0.6) is 0 Å². The summed E-state index contributed by atoms with van der Waals surface area (Å²) in [5, 5.41) is 3.27. The first-order chi connectivity index (χ1) is 17.4. The third-order valence-electron chi connectivity index (χ3n) is 7.17. The third kappa shape index (κ3) is 6.65. The van der Waals surface area contributed by atoms with Crippen molar-refractivity contribution in [2.75, 3.05) is 19.6 Å². The van der Waals surface area contributed by atoms with Gasteiger partial charge in [-0.3, -0.25) is 4.79 Å². The summed E-state index contributed by atoms with van der Waals surface area (Å²) in [7, 11) is 0. The average molecular weight is 529 g/mol. The molecule has 3 atom stereocenters. The van der Waals surface area contributed by atoms with Crippen LogP contribution < -0.4 is 5.32 Å². The molecule has 1 N–H and O–H groups in total. The van der Waals surface area contributed by atoms with Gasteiger partial charge in [-0.2, -0.15) is 26.3 Å². The number of likely N-dealkylation sites (tertiary alicyclic amines) is 1. The molecule has 4 nitrogen and oxygen atoms in total. The largest absolute Gasteiger partial charge is 0.416 e. The molecule has 2 aromatic carbocycles. The maximum Gasteiger partial charge on any atom is 0.416 e. The lowest BCUT2D eigenvalue weighted by Gasteiger charge is -2.41. The second kappa shape index (κ2) is 11.0. The molecule has 2 fully saturated rings. The fourth-order valence-electron chi connectivity index (χ4n) is 5.22. The lowest BCUT2D eigenvalue weighted by atomic mass is 9.85. The highest BCUT2D eigenvalue weighted by molar-refractivity contribution is 5.82. The highest BCUT2D eigenvalue weighted by Crippen LogP contribution is 2.37. The summed E-state index contributed by atoms with van der Waals surface area (Å²) in [4.78, 5) is 15.0. The number of nitrogens with zero attached hydrogens (tertiary/aromatic N) is 1. The van der Waals surface area contributed by atoms with Crippen molar-refractivity contribution in [3.63, 3.8) is 0 Å². The van der Waals surface area contributed by atoms with Crippen LogP contribution in [-0.2, 0) is 28.5 Å². The SMILES string of the molecule is Cc1ccccc1[C@@H]1CN(C(=O)C2CCCCN2)CC[C@@H]1OCc1cc(C(F)(F)F)cc(C(F)(F)F)c1. The fourth-order valence-corrected chi connectivity index (χ4v) is 5.22. The fraction of sp³-hybridized carbons (Fsp3) is 0.519. The molecule has 37 heavy (non-hydrogen) atoms. The Labute approximate surface area is 212 Å². The number of aryl methyl sites for hydroxylation is 1. The van der Waals surface area contributed by atoms with Crippen LogP contribution in [0.25, 0.3) is 0 Å². The molecule has 0 bridgehead atoms. The van der Waals surface area contributed by atoms with Crippen molar-refractivity contribution in [2.45, 2.75) is 69.6 Å². The van der Waals surface area contributed by atoms with Gasteiger partial charge in [0, 0.05) is 19.0 Å². The molecule has 202 valence electrons. The van der Waals surface area contributed by atoms with E-state index < -0.39 is 36.2 Å². The number of hydrogen-bond acceptors (Lipinski definition) is 3. The first kappa shape index (κ1) is 27.4. The van der Waals surface area contributed by atoms with Crippen LogP contribution in [0, 0.1) is 6.92 Å².